The number of carbonyl (C=O) groups is 1. The lowest BCUT2D eigenvalue weighted by Crippen LogP contribution is -2.32. The zero-order valence-electron chi connectivity index (χ0n) is 9.82. The number of nitrogens with one attached hydrogen (secondary N) is 3. The van der Waals surface area contributed by atoms with E-state index < -0.39 is 0 Å². The number of rotatable bonds is 3. The number of carbonyl (C=O) groups excluding carboxylic acids is 1. The van der Waals surface area contributed by atoms with E-state index in [1.807, 2.05) is 0 Å². The highest BCUT2D eigenvalue weighted by atomic mass is 16.2. The molecule has 94 valence electrons. The molecule has 6 nitrogen and oxygen atoms in total. The van der Waals surface area contributed by atoms with Crippen LogP contribution in [0.15, 0.2) is 17.1 Å². The minimum atomic E-state index is -0.315. The van der Waals surface area contributed by atoms with Crippen molar-refractivity contribution in [2.45, 2.75) is 19.3 Å². The van der Waals surface area contributed by atoms with Gasteiger partial charge in [0, 0.05) is 12.7 Å². The van der Waals surface area contributed by atoms with E-state index in [9.17, 15) is 9.59 Å². The van der Waals surface area contributed by atoms with E-state index >= 15 is 0 Å². The molecule has 0 unspecified atom stereocenters. The van der Waals surface area contributed by atoms with Gasteiger partial charge in [0.05, 0.1) is 11.1 Å². The highest BCUT2D eigenvalue weighted by Crippen LogP contribution is 2.25. The lowest BCUT2D eigenvalue weighted by atomic mass is 9.85. The van der Waals surface area contributed by atoms with Gasteiger partial charge in [0.2, 0.25) is 0 Å². The normalized spacial score (nSPS) is 15.6. The third kappa shape index (κ3) is 2.01. The second-order valence-electron chi connectivity index (χ2n) is 4.71. The van der Waals surface area contributed by atoms with Gasteiger partial charge in [-0.05, 0) is 24.8 Å². The maximum absolute atomic E-state index is 11.9. The molecule has 3 rings (SSSR count). The molecule has 0 bridgehead atoms. The Bertz CT molecular complexity index is 639. The van der Waals surface area contributed by atoms with Crippen molar-refractivity contribution in [2.75, 3.05) is 6.54 Å². The number of pyridine rings is 1. The molecule has 1 aliphatic carbocycles. The van der Waals surface area contributed by atoms with Gasteiger partial charge >= 0.3 is 5.69 Å². The summed E-state index contributed by atoms with van der Waals surface area (Å²) < 4.78 is 0. The van der Waals surface area contributed by atoms with Crippen LogP contribution in [0.4, 0.5) is 0 Å². The molecule has 1 amide bonds. The van der Waals surface area contributed by atoms with Crippen LogP contribution in [0, 0.1) is 5.92 Å². The molecule has 0 radical (unpaired) electrons. The minimum absolute atomic E-state index is 0.140. The summed E-state index contributed by atoms with van der Waals surface area (Å²) in [5.74, 6) is 0.482. The standard InChI is InChI=1S/C12H14N4O2/c17-11(14-5-7-2-1-3-7)8-4-9-10(13-6-8)16-12(18)15-9/h4,6-7H,1-3,5H2,(H,14,17)(H2,13,15,16,18). The summed E-state index contributed by atoms with van der Waals surface area (Å²) in [7, 11) is 0. The molecule has 1 fully saturated rings. The van der Waals surface area contributed by atoms with Crippen LogP contribution in [-0.4, -0.2) is 27.4 Å². The van der Waals surface area contributed by atoms with Crippen LogP contribution in [0.5, 0.6) is 0 Å². The van der Waals surface area contributed by atoms with Crippen molar-refractivity contribution in [3.8, 4) is 0 Å². The Labute approximate surface area is 103 Å². The largest absolute Gasteiger partial charge is 0.352 e. The van der Waals surface area contributed by atoms with Crippen molar-refractivity contribution in [3.05, 3.63) is 28.3 Å². The van der Waals surface area contributed by atoms with E-state index in [1.165, 1.54) is 25.5 Å². The van der Waals surface area contributed by atoms with Crippen LogP contribution in [0.2, 0.25) is 0 Å². The van der Waals surface area contributed by atoms with Gasteiger partial charge in [-0.3, -0.25) is 9.78 Å². The first-order valence-corrected chi connectivity index (χ1v) is 6.08. The lowest BCUT2D eigenvalue weighted by Gasteiger charge is -2.25. The SMILES string of the molecule is O=C(NCC1CCC1)c1cnc2[nH]c(=O)[nH]c2c1. The highest BCUT2D eigenvalue weighted by Gasteiger charge is 2.18. The first kappa shape index (κ1) is 11.0. The number of imidazole rings is 1. The second kappa shape index (κ2) is 4.29. The van der Waals surface area contributed by atoms with Crippen molar-refractivity contribution in [1.82, 2.24) is 20.3 Å². The van der Waals surface area contributed by atoms with Gasteiger partial charge in [-0.2, -0.15) is 0 Å². The summed E-state index contributed by atoms with van der Waals surface area (Å²) in [6, 6.07) is 1.64. The van der Waals surface area contributed by atoms with Crippen molar-refractivity contribution in [2.24, 2.45) is 5.92 Å². The first-order chi connectivity index (χ1) is 8.72. The van der Waals surface area contributed by atoms with Crippen molar-refractivity contribution in [1.29, 1.82) is 0 Å². The van der Waals surface area contributed by atoms with Crippen LogP contribution in [0.1, 0.15) is 29.6 Å². The molecule has 0 saturated heterocycles. The fraction of sp³-hybridized carbons (Fsp3) is 0.417. The lowest BCUT2D eigenvalue weighted by molar-refractivity contribution is 0.0939. The van der Waals surface area contributed by atoms with E-state index in [0.717, 1.165) is 6.54 Å². The Morgan fingerprint density at radius 3 is 3.00 bits per heavy atom. The monoisotopic (exact) mass is 246 g/mol. The Kier molecular flexibility index (Phi) is 2.62. The molecular formula is C12H14N4O2. The average molecular weight is 246 g/mol. The van der Waals surface area contributed by atoms with Gasteiger partial charge in [0.1, 0.15) is 0 Å². The fourth-order valence-corrected chi connectivity index (χ4v) is 2.08. The zero-order chi connectivity index (χ0) is 12.5. The third-order valence-electron chi connectivity index (χ3n) is 3.41. The van der Waals surface area contributed by atoms with E-state index in [4.69, 9.17) is 0 Å². The molecule has 3 N–H and O–H groups in total. The predicted molar refractivity (Wildman–Crippen MR) is 66.4 cm³/mol. The van der Waals surface area contributed by atoms with Gasteiger partial charge in [-0.1, -0.05) is 6.42 Å². The number of hydrogen-bond donors (Lipinski definition) is 3. The fourth-order valence-electron chi connectivity index (χ4n) is 2.08. The number of nitrogens with zero attached hydrogens (tertiary/aromatic N) is 1. The van der Waals surface area contributed by atoms with Gasteiger partial charge in [-0.15, -0.1) is 0 Å². The van der Waals surface area contributed by atoms with E-state index in [0.29, 0.717) is 22.6 Å². The van der Waals surface area contributed by atoms with Gasteiger partial charge in [0.15, 0.2) is 5.65 Å². The first-order valence-electron chi connectivity index (χ1n) is 6.08. The van der Waals surface area contributed by atoms with Crippen LogP contribution in [-0.2, 0) is 0 Å². The number of aromatic nitrogens is 3. The van der Waals surface area contributed by atoms with Gasteiger partial charge < -0.3 is 10.3 Å². The quantitative estimate of drug-likeness (QED) is 0.747. The van der Waals surface area contributed by atoms with Crippen molar-refractivity contribution in [3.63, 3.8) is 0 Å². The number of H-pyrrole nitrogens is 2. The molecule has 2 heterocycles. The number of hydrogen-bond acceptors (Lipinski definition) is 3. The Morgan fingerprint density at radius 2 is 2.28 bits per heavy atom. The summed E-state index contributed by atoms with van der Waals surface area (Å²) in [6.45, 7) is 0.723. The van der Waals surface area contributed by atoms with Crippen LogP contribution in [0.25, 0.3) is 11.2 Å². The average Bonchev–Trinajstić information content (AvgIpc) is 2.65. The van der Waals surface area contributed by atoms with Crippen molar-refractivity contribution >= 4 is 17.1 Å². The topological polar surface area (TPSA) is 90.6 Å². The molecule has 0 spiro atoms. The summed E-state index contributed by atoms with van der Waals surface area (Å²) in [5.41, 5.74) is 1.17. The minimum Gasteiger partial charge on any atom is -0.352 e. The van der Waals surface area contributed by atoms with E-state index in [1.54, 1.807) is 6.07 Å². The van der Waals surface area contributed by atoms with Gasteiger partial charge in [-0.25, -0.2) is 9.78 Å². The van der Waals surface area contributed by atoms with Crippen LogP contribution >= 0.6 is 0 Å². The molecule has 1 aliphatic rings. The summed E-state index contributed by atoms with van der Waals surface area (Å²) in [5, 5.41) is 2.89. The summed E-state index contributed by atoms with van der Waals surface area (Å²) in [4.78, 5) is 32.1. The predicted octanol–water partition coefficient (Wildman–Crippen LogP) is 0.781. The zero-order valence-corrected chi connectivity index (χ0v) is 9.82. The summed E-state index contributed by atoms with van der Waals surface area (Å²) >= 11 is 0. The maximum atomic E-state index is 11.9. The molecule has 0 aliphatic heterocycles. The molecule has 2 aromatic rings. The molecule has 6 heteroatoms. The molecule has 0 atom stereocenters. The maximum Gasteiger partial charge on any atom is 0.325 e. The molecule has 0 aromatic carbocycles. The Balaban J connectivity index is 1.75. The Morgan fingerprint density at radius 1 is 1.44 bits per heavy atom. The summed E-state index contributed by atoms with van der Waals surface area (Å²) in [6.07, 6.45) is 5.13. The molecule has 2 aromatic heterocycles. The third-order valence-corrected chi connectivity index (χ3v) is 3.41. The smallest absolute Gasteiger partial charge is 0.325 e. The molecule has 18 heavy (non-hydrogen) atoms. The number of fused-ring (bicyclic) bond motifs is 1. The highest BCUT2D eigenvalue weighted by molar-refractivity contribution is 5.96. The van der Waals surface area contributed by atoms with Gasteiger partial charge in [0.25, 0.3) is 5.91 Å². The van der Waals surface area contributed by atoms with E-state index in [2.05, 4.69) is 20.3 Å². The Hall–Kier alpha value is -2.11. The van der Waals surface area contributed by atoms with E-state index in [-0.39, 0.29) is 11.6 Å². The molecular weight excluding hydrogens is 232 g/mol. The van der Waals surface area contributed by atoms with Crippen LogP contribution in [0.3, 0.4) is 0 Å². The van der Waals surface area contributed by atoms with Crippen LogP contribution < -0.4 is 11.0 Å². The number of aromatic amines is 2. The number of amides is 1. The van der Waals surface area contributed by atoms with Crippen molar-refractivity contribution < 1.29 is 4.79 Å². The molecule has 1 saturated carbocycles. The second-order valence-corrected chi connectivity index (χ2v) is 4.71.